The maximum Gasteiger partial charge on any atom is 0.145 e. The zero-order valence-corrected chi connectivity index (χ0v) is 31.4. The standard InChI is InChI=1S/C53H35N5/c1-6-27-48-42(21-1)43-22-2-7-28-49(43)56(48)39-18-11-15-36(33-39)55(37-16-12-19-40(34-37)57-50-29-8-3-23-44(50)45-24-4-9-30-51(45)57)38-17-13-20-41(35-38)58-52-31-10-5-25-46(52)47-26-14-32-54-53(47)58/h1-35H. The third-order valence-corrected chi connectivity index (χ3v) is 11.6. The molecule has 272 valence electrons. The zero-order chi connectivity index (χ0) is 38.2. The average molecular weight is 742 g/mol. The van der Waals surface area contributed by atoms with Gasteiger partial charge in [-0.1, -0.05) is 109 Å². The molecule has 0 bridgehead atoms. The predicted octanol–water partition coefficient (Wildman–Crippen LogP) is 13.8. The Morgan fingerprint density at radius 3 is 1.03 bits per heavy atom. The van der Waals surface area contributed by atoms with E-state index in [9.17, 15) is 0 Å². The van der Waals surface area contributed by atoms with Gasteiger partial charge in [-0.05, 0) is 97.1 Å². The normalized spacial score (nSPS) is 11.8. The van der Waals surface area contributed by atoms with Crippen molar-refractivity contribution < 1.29 is 0 Å². The Hall–Kier alpha value is -7.89. The van der Waals surface area contributed by atoms with Crippen molar-refractivity contribution in [3.05, 3.63) is 212 Å². The van der Waals surface area contributed by atoms with Crippen LogP contribution in [0.25, 0.3) is 82.6 Å². The van der Waals surface area contributed by atoms with Crippen LogP contribution in [0.1, 0.15) is 0 Å². The lowest BCUT2D eigenvalue weighted by Crippen LogP contribution is -2.12. The van der Waals surface area contributed by atoms with Gasteiger partial charge >= 0.3 is 0 Å². The number of pyridine rings is 1. The topological polar surface area (TPSA) is 30.9 Å². The Morgan fingerprint density at radius 1 is 0.293 bits per heavy atom. The van der Waals surface area contributed by atoms with Crippen molar-refractivity contribution in [2.45, 2.75) is 0 Å². The van der Waals surface area contributed by atoms with Crippen molar-refractivity contribution >= 4 is 82.6 Å². The molecule has 0 unspecified atom stereocenters. The van der Waals surface area contributed by atoms with Crippen LogP contribution in [-0.2, 0) is 0 Å². The Morgan fingerprint density at radius 2 is 0.621 bits per heavy atom. The molecule has 58 heavy (non-hydrogen) atoms. The maximum absolute atomic E-state index is 4.91. The summed E-state index contributed by atoms with van der Waals surface area (Å²) in [6.07, 6.45) is 1.88. The van der Waals surface area contributed by atoms with E-state index in [1.54, 1.807) is 0 Å². The number of hydrogen-bond acceptors (Lipinski definition) is 2. The van der Waals surface area contributed by atoms with Gasteiger partial charge in [0.25, 0.3) is 0 Å². The first kappa shape index (κ1) is 32.4. The van der Waals surface area contributed by atoms with Gasteiger partial charge < -0.3 is 14.0 Å². The summed E-state index contributed by atoms with van der Waals surface area (Å²) in [6.45, 7) is 0. The Labute approximate surface area is 334 Å². The molecule has 0 aliphatic rings. The molecule has 0 aliphatic carbocycles. The number of rotatable bonds is 6. The predicted molar refractivity (Wildman–Crippen MR) is 242 cm³/mol. The second-order valence-corrected chi connectivity index (χ2v) is 14.9. The van der Waals surface area contributed by atoms with Crippen molar-refractivity contribution in [3.63, 3.8) is 0 Å². The summed E-state index contributed by atoms with van der Waals surface area (Å²) in [7, 11) is 0. The Kier molecular flexibility index (Phi) is 7.16. The third kappa shape index (κ3) is 4.87. The second kappa shape index (κ2) is 12.8. The Balaban J connectivity index is 1.10. The molecule has 0 spiro atoms. The molecule has 4 heterocycles. The lowest BCUT2D eigenvalue weighted by molar-refractivity contribution is 1.13. The summed E-state index contributed by atoms with van der Waals surface area (Å²) in [5.74, 6) is 0. The van der Waals surface area contributed by atoms with E-state index < -0.39 is 0 Å². The number of anilines is 3. The zero-order valence-electron chi connectivity index (χ0n) is 31.4. The van der Waals surface area contributed by atoms with Gasteiger partial charge in [0.15, 0.2) is 0 Å². The monoisotopic (exact) mass is 741 g/mol. The van der Waals surface area contributed by atoms with Crippen molar-refractivity contribution in [1.29, 1.82) is 0 Å². The van der Waals surface area contributed by atoms with Crippen LogP contribution in [-0.4, -0.2) is 18.7 Å². The van der Waals surface area contributed by atoms with Gasteiger partial charge in [0.05, 0.1) is 27.6 Å². The van der Waals surface area contributed by atoms with Crippen LogP contribution in [0.5, 0.6) is 0 Å². The number of benzene rings is 8. The molecule has 0 saturated heterocycles. The van der Waals surface area contributed by atoms with Gasteiger partial charge in [0.2, 0.25) is 0 Å². The van der Waals surface area contributed by atoms with Crippen LogP contribution in [0.15, 0.2) is 212 Å². The average Bonchev–Trinajstić information content (AvgIpc) is 3.93. The molecule has 5 nitrogen and oxygen atoms in total. The smallest absolute Gasteiger partial charge is 0.145 e. The molecule has 12 rings (SSSR count). The highest BCUT2D eigenvalue weighted by Gasteiger charge is 2.20. The fourth-order valence-corrected chi connectivity index (χ4v) is 9.22. The van der Waals surface area contributed by atoms with Gasteiger partial charge in [0, 0.05) is 72.6 Å². The molecule has 0 saturated carbocycles. The number of para-hydroxylation sites is 5. The van der Waals surface area contributed by atoms with Gasteiger partial charge in [-0.3, -0.25) is 4.57 Å². The highest BCUT2D eigenvalue weighted by atomic mass is 15.2. The molecule has 0 N–H and O–H groups in total. The minimum absolute atomic E-state index is 0.939. The van der Waals surface area contributed by atoms with Crippen molar-refractivity contribution in [3.8, 4) is 17.1 Å². The third-order valence-electron chi connectivity index (χ3n) is 11.6. The molecule has 0 fully saturated rings. The highest BCUT2D eigenvalue weighted by molar-refractivity contribution is 6.11. The molecular weight excluding hydrogens is 707 g/mol. The quantitative estimate of drug-likeness (QED) is 0.170. The lowest BCUT2D eigenvalue weighted by Gasteiger charge is -2.27. The fourth-order valence-electron chi connectivity index (χ4n) is 9.22. The molecule has 0 amide bonds. The largest absolute Gasteiger partial charge is 0.310 e. The van der Waals surface area contributed by atoms with E-state index in [0.717, 1.165) is 50.7 Å². The first-order chi connectivity index (χ1) is 28.8. The van der Waals surface area contributed by atoms with Gasteiger partial charge in [-0.15, -0.1) is 0 Å². The molecule has 12 aromatic rings. The fraction of sp³-hybridized carbons (Fsp3) is 0. The minimum Gasteiger partial charge on any atom is -0.310 e. The summed E-state index contributed by atoms with van der Waals surface area (Å²) in [6, 6.07) is 74.3. The SMILES string of the molecule is c1cc(N(c2cccc(-n3c4ccccc4c4ccccc43)c2)c2cccc(-n3c4ccccc4c4cccnc43)c2)cc(-n2c3ccccc3c3ccccc32)c1. The molecule has 0 atom stereocenters. The second-order valence-electron chi connectivity index (χ2n) is 14.9. The number of hydrogen-bond donors (Lipinski definition) is 0. The number of aromatic nitrogens is 4. The van der Waals surface area contributed by atoms with Crippen molar-refractivity contribution in [2.24, 2.45) is 0 Å². The summed E-state index contributed by atoms with van der Waals surface area (Å²) in [5, 5.41) is 7.29. The van der Waals surface area contributed by atoms with E-state index in [-0.39, 0.29) is 0 Å². The van der Waals surface area contributed by atoms with Gasteiger partial charge in [0.1, 0.15) is 5.65 Å². The summed E-state index contributed by atoms with van der Waals surface area (Å²) < 4.78 is 7.07. The van der Waals surface area contributed by atoms with E-state index in [4.69, 9.17) is 4.98 Å². The van der Waals surface area contributed by atoms with Crippen molar-refractivity contribution in [2.75, 3.05) is 4.90 Å². The number of nitrogens with zero attached hydrogens (tertiary/aromatic N) is 5. The molecule has 8 aromatic carbocycles. The van der Waals surface area contributed by atoms with Crippen LogP contribution in [0, 0.1) is 0 Å². The summed E-state index contributed by atoms with van der Waals surface area (Å²) in [4.78, 5) is 7.30. The molecular formula is C53H35N5. The van der Waals surface area contributed by atoms with E-state index >= 15 is 0 Å². The van der Waals surface area contributed by atoms with Crippen LogP contribution < -0.4 is 4.90 Å². The Bertz CT molecular complexity index is 3010. The minimum atomic E-state index is 0.939. The van der Waals surface area contributed by atoms with Crippen molar-refractivity contribution in [1.82, 2.24) is 18.7 Å². The first-order valence-electron chi connectivity index (χ1n) is 19.7. The summed E-state index contributed by atoms with van der Waals surface area (Å²) in [5.41, 5.74) is 13.2. The molecule has 0 aliphatic heterocycles. The highest BCUT2D eigenvalue weighted by Crippen LogP contribution is 2.41. The maximum atomic E-state index is 4.91. The molecule has 4 aromatic heterocycles. The summed E-state index contributed by atoms with van der Waals surface area (Å²) >= 11 is 0. The van der Waals surface area contributed by atoms with E-state index in [1.165, 1.54) is 49.0 Å². The van der Waals surface area contributed by atoms with E-state index in [0.29, 0.717) is 0 Å². The van der Waals surface area contributed by atoms with Crippen LogP contribution in [0.2, 0.25) is 0 Å². The van der Waals surface area contributed by atoms with Crippen LogP contribution in [0.4, 0.5) is 17.1 Å². The molecule has 5 heteroatoms. The lowest BCUT2D eigenvalue weighted by atomic mass is 10.1. The van der Waals surface area contributed by atoms with E-state index in [2.05, 4.69) is 219 Å². The number of fused-ring (bicyclic) bond motifs is 9. The van der Waals surface area contributed by atoms with Gasteiger partial charge in [-0.2, -0.15) is 0 Å². The van der Waals surface area contributed by atoms with E-state index in [1.807, 2.05) is 12.3 Å². The van der Waals surface area contributed by atoms with Gasteiger partial charge in [-0.25, -0.2) is 4.98 Å². The molecule has 0 radical (unpaired) electrons. The van der Waals surface area contributed by atoms with Crippen LogP contribution >= 0.6 is 0 Å². The van der Waals surface area contributed by atoms with Crippen LogP contribution in [0.3, 0.4) is 0 Å². The first-order valence-corrected chi connectivity index (χ1v) is 19.7.